The van der Waals surface area contributed by atoms with Gasteiger partial charge in [0.05, 0.1) is 10.8 Å². The molecule has 0 bridgehead atoms. The fourth-order valence-corrected chi connectivity index (χ4v) is 4.08. The molecule has 2 amide bonds. The molecular formula is C19H18N4O4S. The van der Waals surface area contributed by atoms with Gasteiger partial charge in [-0.2, -0.15) is 0 Å². The lowest BCUT2D eigenvalue weighted by Crippen LogP contribution is -2.41. The third kappa shape index (κ3) is 3.29. The number of urea groups is 1. The van der Waals surface area contributed by atoms with Gasteiger partial charge in [-0.3, -0.25) is 0 Å². The molecule has 1 fully saturated rings. The third-order valence-corrected chi connectivity index (χ3v) is 5.71. The predicted molar refractivity (Wildman–Crippen MR) is 103 cm³/mol. The van der Waals surface area contributed by atoms with Crippen molar-refractivity contribution in [3.63, 3.8) is 0 Å². The van der Waals surface area contributed by atoms with Crippen LogP contribution in [-0.2, 0) is 0 Å². The maximum Gasteiger partial charge on any atom is 0.321 e. The van der Waals surface area contributed by atoms with E-state index in [2.05, 4.69) is 15.5 Å². The van der Waals surface area contributed by atoms with Gasteiger partial charge in [-0.1, -0.05) is 6.07 Å². The van der Waals surface area contributed by atoms with Crippen LogP contribution in [0.4, 0.5) is 10.5 Å². The molecule has 8 nitrogen and oxygen atoms in total. The van der Waals surface area contributed by atoms with Gasteiger partial charge in [-0.15, -0.1) is 21.5 Å². The summed E-state index contributed by atoms with van der Waals surface area (Å²) >= 11 is 1.56. The molecule has 2 aromatic heterocycles. The summed E-state index contributed by atoms with van der Waals surface area (Å²) in [6, 6.07) is 9.12. The summed E-state index contributed by atoms with van der Waals surface area (Å²) in [5.41, 5.74) is 0.675. The quantitative estimate of drug-likeness (QED) is 0.719. The molecule has 1 aromatic carbocycles. The van der Waals surface area contributed by atoms with E-state index in [1.807, 2.05) is 17.5 Å². The summed E-state index contributed by atoms with van der Waals surface area (Å²) in [5, 5.41) is 13.3. The van der Waals surface area contributed by atoms with Crippen LogP contribution in [0.5, 0.6) is 11.5 Å². The number of nitrogens with one attached hydrogen (secondary N) is 1. The van der Waals surface area contributed by atoms with Gasteiger partial charge in [0.2, 0.25) is 12.7 Å². The number of carbonyl (C=O) groups is 1. The van der Waals surface area contributed by atoms with E-state index >= 15 is 0 Å². The van der Waals surface area contributed by atoms with E-state index in [-0.39, 0.29) is 18.7 Å². The highest BCUT2D eigenvalue weighted by Crippen LogP contribution is 2.35. The van der Waals surface area contributed by atoms with E-state index < -0.39 is 0 Å². The molecule has 1 atom stereocenters. The fraction of sp³-hybridized carbons (Fsp3) is 0.316. The molecule has 144 valence electrons. The number of likely N-dealkylation sites (tertiary alicyclic amines) is 1. The fourth-order valence-electron chi connectivity index (χ4n) is 3.44. The van der Waals surface area contributed by atoms with Gasteiger partial charge in [0.15, 0.2) is 11.5 Å². The Labute approximate surface area is 165 Å². The van der Waals surface area contributed by atoms with Crippen molar-refractivity contribution in [2.45, 2.75) is 18.8 Å². The van der Waals surface area contributed by atoms with Crippen LogP contribution in [-0.4, -0.2) is 41.0 Å². The van der Waals surface area contributed by atoms with Gasteiger partial charge in [-0.05, 0) is 36.4 Å². The van der Waals surface area contributed by atoms with Gasteiger partial charge >= 0.3 is 6.03 Å². The summed E-state index contributed by atoms with van der Waals surface area (Å²) in [5.74, 6) is 2.49. The molecule has 2 aliphatic heterocycles. The standard InChI is InChI=1S/C19H18N4O4S/c24-19(20-13-5-6-14-15(9-13)26-11-25-14)23-7-1-3-12(10-23)17-21-22-18(27-17)16-4-2-8-28-16/h2,4-6,8-9,12H,1,3,7,10-11H2,(H,20,24)/t12-/m1/s1. The lowest BCUT2D eigenvalue weighted by Gasteiger charge is -2.31. The first-order valence-electron chi connectivity index (χ1n) is 9.09. The first kappa shape index (κ1) is 17.1. The summed E-state index contributed by atoms with van der Waals surface area (Å²) in [6.45, 7) is 1.44. The maximum atomic E-state index is 12.7. The molecule has 0 saturated carbocycles. The molecule has 28 heavy (non-hydrogen) atoms. The van der Waals surface area contributed by atoms with Crippen molar-refractivity contribution in [3.05, 3.63) is 41.6 Å². The number of amides is 2. The van der Waals surface area contributed by atoms with Crippen molar-refractivity contribution in [1.29, 1.82) is 0 Å². The van der Waals surface area contributed by atoms with Crippen LogP contribution in [0.3, 0.4) is 0 Å². The molecule has 2 aliphatic rings. The monoisotopic (exact) mass is 398 g/mol. The Morgan fingerprint density at radius 1 is 1.21 bits per heavy atom. The number of anilines is 1. The number of hydrogen-bond donors (Lipinski definition) is 1. The highest BCUT2D eigenvalue weighted by molar-refractivity contribution is 7.13. The van der Waals surface area contributed by atoms with E-state index in [4.69, 9.17) is 13.9 Å². The number of carbonyl (C=O) groups excluding carboxylic acids is 1. The summed E-state index contributed by atoms with van der Waals surface area (Å²) in [4.78, 5) is 15.5. The predicted octanol–water partition coefficient (Wildman–Crippen LogP) is 3.94. The van der Waals surface area contributed by atoms with Crippen molar-refractivity contribution >= 4 is 23.1 Å². The average Bonchev–Trinajstić information content (AvgIpc) is 3.48. The summed E-state index contributed by atoms with van der Waals surface area (Å²) in [6.07, 6.45) is 1.80. The Kier molecular flexibility index (Phi) is 4.36. The lowest BCUT2D eigenvalue weighted by molar-refractivity contribution is 0.174. The molecule has 0 radical (unpaired) electrons. The second-order valence-corrected chi connectivity index (χ2v) is 7.65. The lowest BCUT2D eigenvalue weighted by atomic mass is 9.98. The SMILES string of the molecule is O=C(Nc1ccc2c(c1)OCO2)N1CCC[C@@H](c2nnc(-c3cccs3)o2)C1. The van der Waals surface area contributed by atoms with E-state index in [1.165, 1.54) is 0 Å². The van der Waals surface area contributed by atoms with Gasteiger partial charge in [0.1, 0.15) is 0 Å². The zero-order chi connectivity index (χ0) is 18.9. The summed E-state index contributed by atoms with van der Waals surface area (Å²) < 4.78 is 16.5. The highest BCUT2D eigenvalue weighted by Gasteiger charge is 2.29. The van der Waals surface area contributed by atoms with Crippen molar-refractivity contribution in [2.75, 3.05) is 25.2 Å². The molecule has 3 aromatic rings. The second-order valence-electron chi connectivity index (χ2n) is 6.71. The highest BCUT2D eigenvalue weighted by atomic mass is 32.1. The molecule has 9 heteroatoms. The zero-order valence-electron chi connectivity index (χ0n) is 15.0. The van der Waals surface area contributed by atoms with Crippen LogP contribution in [0.15, 0.2) is 40.1 Å². The normalized spacial score (nSPS) is 18.3. The molecule has 1 N–H and O–H groups in total. The van der Waals surface area contributed by atoms with Crippen LogP contribution < -0.4 is 14.8 Å². The van der Waals surface area contributed by atoms with E-state index in [0.717, 1.165) is 17.7 Å². The number of fused-ring (bicyclic) bond motifs is 1. The number of piperidine rings is 1. The Morgan fingerprint density at radius 2 is 2.14 bits per heavy atom. The van der Waals surface area contributed by atoms with E-state index in [1.54, 1.807) is 34.4 Å². The van der Waals surface area contributed by atoms with Gasteiger partial charge < -0.3 is 24.1 Å². The average molecular weight is 398 g/mol. The minimum Gasteiger partial charge on any atom is -0.454 e. The molecule has 1 saturated heterocycles. The van der Waals surface area contributed by atoms with Crippen molar-refractivity contribution in [2.24, 2.45) is 0 Å². The van der Waals surface area contributed by atoms with Crippen LogP contribution in [0.1, 0.15) is 24.7 Å². The first-order chi connectivity index (χ1) is 13.8. The van der Waals surface area contributed by atoms with Crippen molar-refractivity contribution in [1.82, 2.24) is 15.1 Å². The van der Waals surface area contributed by atoms with Crippen LogP contribution in [0, 0.1) is 0 Å². The van der Waals surface area contributed by atoms with Crippen molar-refractivity contribution in [3.8, 4) is 22.3 Å². The first-order valence-corrected chi connectivity index (χ1v) is 9.97. The zero-order valence-corrected chi connectivity index (χ0v) is 15.8. The minimum atomic E-state index is -0.151. The number of benzene rings is 1. The van der Waals surface area contributed by atoms with E-state index in [0.29, 0.717) is 42.1 Å². The topological polar surface area (TPSA) is 89.7 Å². The number of ether oxygens (including phenoxy) is 2. The molecule has 5 rings (SSSR count). The summed E-state index contributed by atoms with van der Waals surface area (Å²) in [7, 11) is 0. The van der Waals surface area contributed by atoms with Gasteiger partial charge in [-0.25, -0.2) is 4.79 Å². The number of rotatable bonds is 3. The smallest absolute Gasteiger partial charge is 0.321 e. The largest absolute Gasteiger partial charge is 0.454 e. The Bertz CT molecular complexity index is 988. The van der Waals surface area contributed by atoms with Gasteiger partial charge in [0, 0.05) is 24.8 Å². The van der Waals surface area contributed by atoms with E-state index in [9.17, 15) is 4.79 Å². The molecule has 0 unspecified atom stereocenters. The number of aromatic nitrogens is 2. The number of thiophene rings is 1. The molecule has 0 spiro atoms. The third-order valence-electron chi connectivity index (χ3n) is 4.85. The Balaban J connectivity index is 1.26. The number of nitrogens with zero attached hydrogens (tertiary/aromatic N) is 3. The maximum absolute atomic E-state index is 12.7. The second kappa shape index (κ2) is 7.16. The molecular weight excluding hydrogens is 380 g/mol. The van der Waals surface area contributed by atoms with Crippen LogP contribution >= 0.6 is 11.3 Å². The van der Waals surface area contributed by atoms with Crippen LogP contribution in [0.2, 0.25) is 0 Å². The molecule has 0 aliphatic carbocycles. The van der Waals surface area contributed by atoms with Crippen molar-refractivity contribution < 1.29 is 18.7 Å². The number of hydrogen-bond acceptors (Lipinski definition) is 7. The minimum absolute atomic E-state index is 0.0393. The molecule has 4 heterocycles. The Hall–Kier alpha value is -3.07. The van der Waals surface area contributed by atoms with Gasteiger partial charge in [0.25, 0.3) is 5.89 Å². The van der Waals surface area contributed by atoms with Crippen LogP contribution in [0.25, 0.3) is 10.8 Å². The Morgan fingerprint density at radius 3 is 3.04 bits per heavy atom.